The van der Waals surface area contributed by atoms with Crippen LogP contribution < -0.4 is 10.6 Å². The topological polar surface area (TPSA) is 88.9 Å². The summed E-state index contributed by atoms with van der Waals surface area (Å²) >= 11 is 13.1. The van der Waals surface area contributed by atoms with E-state index in [0.29, 0.717) is 21.6 Å². The van der Waals surface area contributed by atoms with Crippen LogP contribution in [0.5, 0.6) is 0 Å². The molecule has 3 aromatic rings. The van der Waals surface area contributed by atoms with Crippen molar-refractivity contribution >= 4 is 52.5 Å². The number of hydrogen-bond donors (Lipinski definition) is 2. The SMILES string of the molecule is CC(C)[C@@H](NC(=O)c1ccc(Cl)c(Cl)c1)c1nnc(SCC(=O)Nc2ccccc2F)n1C. The second-order valence-electron chi connectivity index (χ2n) is 7.54. The first kappa shape index (κ1) is 25.0. The standard InChI is InChI=1S/C22H22Cl2FN5O2S/c1-12(2)19(27-21(32)13-8-9-14(23)15(24)10-13)20-28-29-22(30(20)3)33-11-18(31)26-17-7-5-4-6-16(17)25/h4-10,12,19H,11H2,1-3H3,(H,26,31)(H,27,32)/t19-/m1/s1. The fraction of sp³-hybridized carbons (Fsp3) is 0.273. The Hall–Kier alpha value is -2.62. The van der Waals surface area contributed by atoms with E-state index in [2.05, 4.69) is 20.8 Å². The number of hydrogen-bond acceptors (Lipinski definition) is 5. The van der Waals surface area contributed by atoms with E-state index < -0.39 is 11.9 Å². The Morgan fingerprint density at radius 1 is 1.12 bits per heavy atom. The number of nitrogens with one attached hydrogen (secondary N) is 2. The van der Waals surface area contributed by atoms with Gasteiger partial charge in [-0.15, -0.1) is 10.2 Å². The summed E-state index contributed by atoms with van der Waals surface area (Å²) in [6.07, 6.45) is 0. The van der Waals surface area contributed by atoms with E-state index in [1.165, 1.54) is 18.2 Å². The van der Waals surface area contributed by atoms with Crippen molar-refractivity contribution in [1.82, 2.24) is 20.1 Å². The maximum absolute atomic E-state index is 13.7. The second-order valence-corrected chi connectivity index (χ2v) is 9.30. The highest BCUT2D eigenvalue weighted by Gasteiger charge is 2.25. The molecule has 2 aromatic carbocycles. The fourth-order valence-electron chi connectivity index (χ4n) is 2.99. The lowest BCUT2D eigenvalue weighted by Crippen LogP contribution is -2.33. The monoisotopic (exact) mass is 509 g/mol. The lowest BCUT2D eigenvalue weighted by Gasteiger charge is -2.22. The van der Waals surface area contributed by atoms with Crippen LogP contribution in [0.25, 0.3) is 0 Å². The van der Waals surface area contributed by atoms with Crippen molar-refractivity contribution in [2.75, 3.05) is 11.1 Å². The summed E-state index contributed by atoms with van der Waals surface area (Å²) in [6.45, 7) is 3.90. The molecule has 0 radical (unpaired) electrons. The first-order valence-corrected chi connectivity index (χ1v) is 11.7. The van der Waals surface area contributed by atoms with Crippen LogP contribution in [0.2, 0.25) is 10.0 Å². The molecule has 1 atom stereocenters. The lowest BCUT2D eigenvalue weighted by molar-refractivity contribution is -0.113. The van der Waals surface area contributed by atoms with Gasteiger partial charge in [-0.05, 0) is 36.2 Å². The van der Waals surface area contributed by atoms with Gasteiger partial charge in [-0.2, -0.15) is 0 Å². The molecule has 33 heavy (non-hydrogen) atoms. The van der Waals surface area contributed by atoms with Crippen LogP contribution >= 0.6 is 35.0 Å². The average molecular weight is 510 g/mol. The average Bonchev–Trinajstić information content (AvgIpc) is 3.13. The van der Waals surface area contributed by atoms with Crippen LogP contribution in [-0.4, -0.2) is 32.3 Å². The van der Waals surface area contributed by atoms with E-state index in [1.807, 2.05) is 13.8 Å². The molecule has 0 bridgehead atoms. The van der Waals surface area contributed by atoms with Crippen molar-refractivity contribution in [1.29, 1.82) is 0 Å². The first-order valence-electron chi connectivity index (χ1n) is 9.99. The highest BCUT2D eigenvalue weighted by Crippen LogP contribution is 2.26. The van der Waals surface area contributed by atoms with Gasteiger partial charge in [0.15, 0.2) is 11.0 Å². The van der Waals surface area contributed by atoms with E-state index in [1.54, 1.807) is 35.9 Å². The van der Waals surface area contributed by atoms with Gasteiger partial charge in [0.2, 0.25) is 5.91 Å². The molecule has 2 N–H and O–H groups in total. The van der Waals surface area contributed by atoms with E-state index in [-0.39, 0.29) is 34.2 Å². The normalized spacial score (nSPS) is 12.0. The Balaban J connectivity index is 1.68. The molecule has 0 aliphatic rings. The van der Waals surface area contributed by atoms with Crippen LogP contribution in [0.1, 0.15) is 36.1 Å². The number of thioether (sulfide) groups is 1. The first-order chi connectivity index (χ1) is 15.7. The predicted octanol–water partition coefficient (Wildman–Crippen LogP) is 5.12. The fourth-order valence-corrected chi connectivity index (χ4v) is 4.01. The number of nitrogens with zero attached hydrogens (tertiary/aromatic N) is 3. The third kappa shape index (κ3) is 6.25. The zero-order valence-electron chi connectivity index (χ0n) is 18.1. The molecule has 0 fully saturated rings. The zero-order valence-corrected chi connectivity index (χ0v) is 20.4. The van der Waals surface area contributed by atoms with Gasteiger partial charge in [-0.1, -0.05) is 60.9 Å². The van der Waals surface area contributed by atoms with Crippen molar-refractivity contribution in [3.8, 4) is 0 Å². The van der Waals surface area contributed by atoms with Gasteiger partial charge in [0.25, 0.3) is 5.91 Å². The molecule has 0 spiro atoms. The summed E-state index contributed by atoms with van der Waals surface area (Å²) in [7, 11) is 1.76. The molecule has 0 saturated carbocycles. The number of carbonyl (C=O) groups is 2. The van der Waals surface area contributed by atoms with Crippen LogP contribution in [0, 0.1) is 11.7 Å². The molecule has 11 heteroatoms. The van der Waals surface area contributed by atoms with Crippen molar-refractivity contribution < 1.29 is 14.0 Å². The van der Waals surface area contributed by atoms with E-state index in [9.17, 15) is 14.0 Å². The Bertz CT molecular complexity index is 1170. The van der Waals surface area contributed by atoms with Gasteiger partial charge in [0.1, 0.15) is 5.82 Å². The van der Waals surface area contributed by atoms with Gasteiger partial charge in [0, 0.05) is 12.6 Å². The van der Waals surface area contributed by atoms with Crippen LogP contribution in [0.4, 0.5) is 10.1 Å². The van der Waals surface area contributed by atoms with Gasteiger partial charge < -0.3 is 15.2 Å². The molecule has 1 heterocycles. The Labute approximate surface area is 205 Å². The maximum Gasteiger partial charge on any atom is 0.251 e. The largest absolute Gasteiger partial charge is 0.342 e. The minimum absolute atomic E-state index is 0.00169. The molecule has 174 valence electrons. The molecule has 3 rings (SSSR count). The zero-order chi connectivity index (χ0) is 24.1. The van der Waals surface area contributed by atoms with E-state index in [0.717, 1.165) is 11.8 Å². The second kappa shape index (κ2) is 11.0. The number of carbonyl (C=O) groups excluding carboxylic acids is 2. The molecule has 0 saturated heterocycles. The smallest absolute Gasteiger partial charge is 0.251 e. The molecule has 2 amide bonds. The van der Waals surface area contributed by atoms with Gasteiger partial charge in [0.05, 0.1) is 27.5 Å². The third-order valence-electron chi connectivity index (χ3n) is 4.76. The molecule has 0 unspecified atom stereocenters. The van der Waals surface area contributed by atoms with Crippen molar-refractivity contribution in [3.05, 3.63) is 69.7 Å². The Kier molecular flexibility index (Phi) is 8.34. The number of benzene rings is 2. The summed E-state index contributed by atoms with van der Waals surface area (Å²) < 4.78 is 15.4. The summed E-state index contributed by atoms with van der Waals surface area (Å²) in [5.41, 5.74) is 0.489. The number of para-hydroxylation sites is 1. The molecular formula is C22H22Cl2FN5O2S. The molecule has 1 aromatic heterocycles. The number of halogens is 3. The van der Waals surface area contributed by atoms with Crippen molar-refractivity contribution in [3.63, 3.8) is 0 Å². The number of anilines is 1. The van der Waals surface area contributed by atoms with Crippen LogP contribution in [-0.2, 0) is 11.8 Å². The Morgan fingerprint density at radius 3 is 2.52 bits per heavy atom. The minimum atomic E-state index is -0.505. The van der Waals surface area contributed by atoms with Crippen LogP contribution in [0.3, 0.4) is 0 Å². The van der Waals surface area contributed by atoms with E-state index in [4.69, 9.17) is 23.2 Å². The molecule has 7 nitrogen and oxygen atoms in total. The summed E-state index contributed by atoms with van der Waals surface area (Å²) in [5.74, 6) is -0.648. The highest BCUT2D eigenvalue weighted by molar-refractivity contribution is 7.99. The van der Waals surface area contributed by atoms with Crippen molar-refractivity contribution in [2.24, 2.45) is 13.0 Å². The van der Waals surface area contributed by atoms with E-state index >= 15 is 0 Å². The van der Waals surface area contributed by atoms with Crippen molar-refractivity contribution in [2.45, 2.75) is 25.0 Å². The highest BCUT2D eigenvalue weighted by atomic mass is 35.5. The third-order valence-corrected chi connectivity index (χ3v) is 6.52. The lowest BCUT2D eigenvalue weighted by atomic mass is 10.0. The number of rotatable bonds is 8. The van der Waals surface area contributed by atoms with Gasteiger partial charge in [-0.25, -0.2) is 4.39 Å². The molecule has 0 aliphatic carbocycles. The Morgan fingerprint density at radius 2 is 1.85 bits per heavy atom. The van der Waals surface area contributed by atoms with Gasteiger partial charge in [-0.3, -0.25) is 9.59 Å². The predicted molar refractivity (Wildman–Crippen MR) is 128 cm³/mol. The number of aromatic nitrogens is 3. The number of amides is 2. The maximum atomic E-state index is 13.7. The summed E-state index contributed by atoms with van der Waals surface area (Å²) in [4.78, 5) is 25.0. The minimum Gasteiger partial charge on any atom is -0.342 e. The van der Waals surface area contributed by atoms with Crippen LogP contribution in [0.15, 0.2) is 47.6 Å². The summed E-state index contributed by atoms with van der Waals surface area (Å²) in [6, 6.07) is 10.2. The van der Waals surface area contributed by atoms with Gasteiger partial charge >= 0.3 is 0 Å². The molecular weight excluding hydrogens is 488 g/mol. The molecule has 0 aliphatic heterocycles. The summed E-state index contributed by atoms with van der Waals surface area (Å²) in [5, 5.41) is 15.0. The quantitative estimate of drug-likeness (QED) is 0.411.